The Morgan fingerprint density at radius 1 is 0.821 bits per heavy atom. The Hall–Kier alpha value is -2.53. The van der Waals surface area contributed by atoms with Crippen molar-refractivity contribution in [2.75, 3.05) is 31.1 Å². The number of hydrogen-bond acceptors (Lipinski definition) is 5. The predicted octanol–water partition coefficient (Wildman–Crippen LogP) is 4.15. The Labute approximate surface area is 166 Å². The standard InChI is InChI=1S/C23H27N5/c1-2-7-19-16-20(11-10-18(19)6-1)22-17-24-26-23(25-22)28-13-5-12-27(14-15-28)21-8-3-4-9-21/h1-2,6-7,10-11,16-17,21H,3-5,8-9,12-15H2. The van der Waals surface area contributed by atoms with E-state index in [0.29, 0.717) is 0 Å². The quantitative estimate of drug-likeness (QED) is 0.690. The predicted molar refractivity (Wildman–Crippen MR) is 113 cm³/mol. The summed E-state index contributed by atoms with van der Waals surface area (Å²) >= 11 is 0. The normalized spacial score (nSPS) is 19.2. The van der Waals surface area contributed by atoms with Gasteiger partial charge < -0.3 is 4.90 Å². The monoisotopic (exact) mass is 373 g/mol. The molecule has 2 aliphatic rings. The van der Waals surface area contributed by atoms with E-state index in [4.69, 9.17) is 4.98 Å². The summed E-state index contributed by atoms with van der Waals surface area (Å²) in [4.78, 5) is 9.87. The highest BCUT2D eigenvalue weighted by Gasteiger charge is 2.25. The van der Waals surface area contributed by atoms with Crippen molar-refractivity contribution in [3.63, 3.8) is 0 Å². The van der Waals surface area contributed by atoms with E-state index in [9.17, 15) is 0 Å². The minimum atomic E-state index is 0.763. The molecule has 0 atom stereocenters. The number of benzene rings is 2. The molecule has 0 N–H and O–H groups in total. The van der Waals surface area contributed by atoms with E-state index in [2.05, 4.69) is 62.5 Å². The summed E-state index contributed by atoms with van der Waals surface area (Å²) in [5.41, 5.74) is 1.99. The molecule has 5 nitrogen and oxygen atoms in total. The van der Waals surface area contributed by atoms with Gasteiger partial charge in [-0.2, -0.15) is 5.10 Å². The Bertz CT molecular complexity index is 950. The van der Waals surface area contributed by atoms with Gasteiger partial charge in [-0.05, 0) is 36.1 Å². The molecule has 0 bridgehead atoms. The van der Waals surface area contributed by atoms with Crippen molar-refractivity contribution in [1.82, 2.24) is 20.1 Å². The van der Waals surface area contributed by atoms with Gasteiger partial charge in [0.05, 0.1) is 11.9 Å². The topological polar surface area (TPSA) is 45.2 Å². The van der Waals surface area contributed by atoms with E-state index >= 15 is 0 Å². The first-order chi connectivity index (χ1) is 13.9. The molecule has 3 aromatic rings. The fourth-order valence-electron chi connectivity index (χ4n) is 4.69. The summed E-state index contributed by atoms with van der Waals surface area (Å²) in [6.07, 6.45) is 8.47. The second kappa shape index (κ2) is 7.84. The molecule has 0 spiro atoms. The van der Waals surface area contributed by atoms with Crippen molar-refractivity contribution < 1.29 is 0 Å². The molecule has 144 valence electrons. The number of fused-ring (bicyclic) bond motifs is 1. The first-order valence-electron chi connectivity index (χ1n) is 10.5. The maximum absolute atomic E-state index is 4.87. The van der Waals surface area contributed by atoms with Crippen molar-refractivity contribution >= 4 is 16.7 Å². The molecule has 1 aromatic heterocycles. The highest BCUT2D eigenvalue weighted by molar-refractivity contribution is 5.86. The van der Waals surface area contributed by atoms with Gasteiger partial charge in [-0.1, -0.05) is 49.2 Å². The largest absolute Gasteiger partial charge is 0.338 e. The molecular formula is C23H27N5. The lowest BCUT2D eigenvalue weighted by molar-refractivity contribution is 0.213. The minimum Gasteiger partial charge on any atom is -0.338 e. The number of nitrogens with zero attached hydrogens (tertiary/aromatic N) is 5. The molecule has 1 aliphatic carbocycles. The summed E-state index contributed by atoms with van der Waals surface area (Å²) in [6.45, 7) is 4.29. The van der Waals surface area contributed by atoms with Gasteiger partial charge in [-0.3, -0.25) is 4.90 Å². The van der Waals surface area contributed by atoms with Crippen LogP contribution in [-0.4, -0.2) is 52.3 Å². The van der Waals surface area contributed by atoms with Crippen LogP contribution in [-0.2, 0) is 0 Å². The lowest BCUT2D eigenvalue weighted by Crippen LogP contribution is -2.37. The highest BCUT2D eigenvalue weighted by Crippen LogP contribution is 2.26. The van der Waals surface area contributed by atoms with E-state index in [1.165, 1.54) is 49.4 Å². The Morgan fingerprint density at radius 2 is 1.68 bits per heavy atom. The third-order valence-electron chi connectivity index (χ3n) is 6.25. The molecule has 1 saturated heterocycles. The van der Waals surface area contributed by atoms with Crippen LogP contribution in [0, 0.1) is 0 Å². The van der Waals surface area contributed by atoms with Crippen LogP contribution in [0.4, 0.5) is 5.95 Å². The third kappa shape index (κ3) is 3.59. The van der Waals surface area contributed by atoms with Gasteiger partial charge in [-0.15, -0.1) is 5.10 Å². The summed E-state index contributed by atoms with van der Waals surface area (Å²) in [5.74, 6) is 0.763. The van der Waals surface area contributed by atoms with Crippen LogP contribution in [0.25, 0.3) is 22.0 Å². The smallest absolute Gasteiger partial charge is 0.245 e. The van der Waals surface area contributed by atoms with E-state index in [-0.39, 0.29) is 0 Å². The summed E-state index contributed by atoms with van der Waals surface area (Å²) in [7, 11) is 0. The van der Waals surface area contributed by atoms with Crippen molar-refractivity contribution in [3.8, 4) is 11.3 Å². The number of anilines is 1. The fourth-order valence-corrected chi connectivity index (χ4v) is 4.69. The highest BCUT2D eigenvalue weighted by atomic mass is 15.3. The molecular weight excluding hydrogens is 346 g/mol. The summed E-state index contributed by atoms with van der Waals surface area (Å²) < 4.78 is 0. The van der Waals surface area contributed by atoms with Crippen LogP contribution in [0.1, 0.15) is 32.1 Å². The third-order valence-corrected chi connectivity index (χ3v) is 6.25. The molecule has 0 radical (unpaired) electrons. The van der Waals surface area contributed by atoms with Crippen LogP contribution < -0.4 is 4.90 Å². The molecule has 5 rings (SSSR count). The van der Waals surface area contributed by atoms with Gasteiger partial charge in [0.2, 0.25) is 5.95 Å². The van der Waals surface area contributed by atoms with Gasteiger partial charge in [0.15, 0.2) is 0 Å². The average molecular weight is 374 g/mol. The van der Waals surface area contributed by atoms with Crippen LogP contribution in [0.2, 0.25) is 0 Å². The lowest BCUT2D eigenvalue weighted by Gasteiger charge is -2.27. The molecule has 1 saturated carbocycles. The van der Waals surface area contributed by atoms with Gasteiger partial charge in [0.1, 0.15) is 0 Å². The van der Waals surface area contributed by atoms with Gasteiger partial charge in [0.25, 0.3) is 0 Å². The first kappa shape index (κ1) is 17.6. The number of hydrogen-bond donors (Lipinski definition) is 0. The Kier molecular flexibility index (Phi) is 4.92. The molecule has 28 heavy (non-hydrogen) atoms. The van der Waals surface area contributed by atoms with Crippen molar-refractivity contribution in [1.29, 1.82) is 0 Å². The second-order valence-corrected chi connectivity index (χ2v) is 8.02. The zero-order valence-electron chi connectivity index (χ0n) is 16.3. The molecule has 1 aliphatic heterocycles. The zero-order valence-corrected chi connectivity index (χ0v) is 16.3. The van der Waals surface area contributed by atoms with E-state index < -0.39 is 0 Å². The number of rotatable bonds is 3. The minimum absolute atomic E-state index is 0.763. The first-order valence-corrected chi connectivity index (χ1v) is 10.5. The van der Waals surface area contributed by atoms with Crippen molar-refractivity contribution in [2.24, 2.45) is 0 Å². The Morgan fingerprint density at radius 3 is 2.57 bits per heavy atom. The van der Waals surface area contributed by atoms with Crippen LogP contribution in [0.5, 0.6) is 0 Å². The molecule has 2 aromatic carbocycles. The van der Waals surface area contributed by atoms with Crippen LogP contribution in [0.15, 0.2) is 48.7 Å². The summed E-state index contributed by atoms with van der Waals surface area (Å²) in [6, 6.07) is 15.7. The second-order valence-electron chi connectivity index (χ2n) is 8.02. The van der Waals surface area contributed by atoms with E-state index in [0.717, 1.165) is 42.9 Å². The fraction of sp³-hybridized carbons (Fsp3) is 0.435. The molecule has 0 amide bonds. The van der Waals surface area contributed by atoms with Gasteiger partial charge in [-0.25, -0.2) is 4.98 Å². The van der Waals surface area contributed by atoms with Crippen molar-refractivity contribution in [3.05, 3.63) is 48.7 Å². The van der Waals surface area contributed by atoms with Gasteiger partial charge >= 0.3 is 0 Å². The molecule has 0 unspecified atom stereocenters. The summed E-state index contributed by atoms with van der Waals surface area (Å²) in [5, 5.41) is 11.1. The molecule has 2 fully saturated rings. The van der Waals surface area contributed by atoms with Crippen LogP contribution in [0.3, 0.4) is 0 Å². The maximum atomic E-state index is 4.87. The number of aromatic nitrogens is 3. The van der Waals surface area contributed by atoms with E-state index in [1.54, 1.807) is 6.20 Å². The SMILES string of the molecule is c1ccc2cc(-c3cnnc(N4CCCN(C5CCCC5)CC4)n3)ccc2c1. The lowest BCUT2D eigenvalue weighted by atomic mass is 10.1. The van der Waals surface area contributed by atoms with Gasteiger partial charge in [0, 0.05) is 37.8 Å². The van der Waals surface area contributed by atoms with E-state index in [1.807, 2.05) is 0 Å². The van der Waals surface area contributed by atoms with Crippen LogP contribution >= 0.6 is 0 Å². The molecule has 5 heteroatoms. The Balaban J connectivity index is 1.36. The molecule has 2 heterocycles. The zero-order chi connectivity index (χ0) is 18.8. The average Bonchev–Trinajstić information content (AvgIpc) is 3.18. The van der Waals surface area contributed by atoms with Crippen molar-refractivity contribution in [2.45, 2.75) is 38.1 Å². The maximum Gasteiger partial charge on any atom is 0.245 e.